The first-order valence-corrected chi connectivity index (χ1v) is 8.08. The van der Waals surface area contributed by atoms with Crippen LogP contribution in [0, 0.1) is 18.6 Å². The number of nitrogens with one attached hydrogen (secondary N) is 1. The second-order valence-corrected chi connectivity index (χ2v) is 6.69. The monoisotopic (exact) mass is 316 g/mol. The fraction of sp³-hybridized carbons (Fsp3) is 0.250. The number of fused-ring (bicyclic) bond motifs is 1. The van der Waals surface area contributed by atoms with Crippen molar-refractivity contribution in [3.05, 3.63) is 49.8 Å². The molecule has 0 unspecified atom stereocenters. The first-order valence-electron chi connectivity index (χ1n) is 6.86. The Morgan fingerprint density at radius 1 is 1.24 bits per heavy atom. The van der Waals surface area contributed by atoms with Crippen LogP contribution in [0.2, 0.25) is 0 Å². The van der Waals surface area contributed by atoms with Crippen LogP contribution in [-0.4, -0.2) is 9.55 Å². The van der Waals surface area contributed by atoms with Crippen molar-refractivity contribution in [2.24, 2.45) is 0 Å². The van der Waals surface area contributed by atoms with E-state index in [0.29, 0.717) is 11.3 Å². The van der Waals surface area contributed by atoms with E-state index in [4.69, 9.17) is 12.2 Å². The molecule has 2 aromatic heterocycles. The number of H-pyrrole nitrogens is 1. The van der Waals surface area contributed by atoms with Crippen LogP contribution < -0.4 is 5.56 Å². The third-order valence-electron chi connectivity index (χ3n) is 3.67. The van der Waals surface area contributed by atoms with Crippen molar-refractivity contribution in [1.82, 2.24) is 9.55 Å². The van der Waals surface area contributed by atoms with Crippen LogP contribution in [0.5, 0.6) is 0 Å². The number of aromatic amines is 1. The molecule has 5 heteroatoms. The molecule has 2 heterocycles. The Bertz CT molecular complexity index is 930. The average Bonchev–Trinajstić information content (AvgIpc) is 2.76. The molecule has 0 bridgehead atoms. The lowest BCUT2D eigenvalue weighted by molar-refractivity contribution is 0.706. The van der Waals surface area contributed by atoms with Crippen molar-refractivity contribution in [3.8, 4) is 11.1 Å². The second kappa shape index (κ2) is 5.24. The van der Waals surface area contributed by atoms with Crippen LogP contribution in [-0.2, 0) is 6.54 Å². The minimum absolute atomic E-state index is 0.00354. The second-order valence-electron chi connectivity index (χ2n) is 5.08. The fourth-order valence-electron chi connectivity index (χ4n) is 2.58. The number of aryl methyl sites for hydroxylation is 2. The Morgan fingerprint density at radius 3 is 2.52 bits per heavy atom. The summed E-state index contributed by atoms with van der Waals surface area (Å²) in [5.41, 5.74) is 3.31. The van der Waals surface area contributed by atoms with Gasteiger partial charge in [0.1, 0.15) is 4.83 Å². The van der Waals surface area contributed by atoms with Gasteiger partial charge >= 0.3 is 0 Å². The van der Waals surface area contributed by atoms with Crippen molar-refractivity contribution >= 4 is 33.8 Å². The van der Waals surface area contributed by atoms with E-state index in [1.807, 2.05) is 13.8 Å². The summed E-state index contributed by atoms with van der Waals surface area (Å²) in [4.78, 5) is 17.9. The van der Waals surface area contributed by atoms with Crippen LogP contribution in [0.1, 0.15) is 17.4 Å². The van der Waals surface area contributed by atoms with Crippen molar-refractivity contribution in [3.63, 3.8) is 0 Å². The van der Waals surface area contributed by atoms with Crippen molar-refractivity contribution in [2.75, 3.05) is 0 Å². The molecule has 3 rings (SSSR count). The highest BCUT2D eigenvalue weighted by Gasteiger charge is 2.16. The van der Waals surface area contributed by atoms with E-state index >= 15 is 0 Å². The van der Waals surface area contributed by atoms with Gasteiger partial charge < -0.3 is 4.98 Å². The molecule has 0 aliphatic heterocycles. The molecule has 0 aliphatic carbocycles. The molecular formula is C16H16N2OS2. The topological polar surface area (TPSA) is 37.8 Å². The summed E-state index contributed by atoms with van der Waals surface area (Å²) in [6.45, 7) is 6.62. The van der Waals surface area contributed by atoms with Gasteiger partial charge in [-0.3, -0.25) is 9.36 Å². The molecule has 3 nitrogen and oxygen atoms in total. The molecule has 108 valence electrons. The number of hydrogen-bond acceptors (Lipinski definition) is 3. The normalized spacial score (nSPS) is 11.2. The molecule has 0 saturated carbocycles. The maximum atomic E-state index is 12.7. The van der Waals surface area contributed by atoms with Gasteiger partial charge in [-0.1, -0.05) is 29.8 Å². The standard InChI is InChI=1S/C16H16N2OS2/c1-4-18-15(19)13-12(11-7-5-9(2)6-8-11)10(3)21-14(13)17-16(18)20/h5-8H,4H2,1-3H3,(H,17,20). The maximum Gasteiger partial charge on any atom is 0.263 e. The molecule has 0 aliphatic rings. The molecule has 1 N–H and O–H groups in total. The summed E-state index contributed by atoms with van der Waals surface area (Å²) in [5.74, 6) is 0. The van der Waals surface area contributed by atoms with Crippen LogP contribution in [0.3, 0.4) is 0 Å². The highest BCUT2D eigenvalue weighted by Crippen LogP contribution is 2.35. The predicted molar refractivity (Wildman–Crippen MR) is 91.9 cm³/mol. The first kappa shape index (κ1) is 14.2. The van der Waals surface area contributed by atoms with E-state index in [0.717, 1.165) is 26.2 Å². The molecule has 0 fully saturated rings. The highest BCUT2D eigenvalue weighted by atomic mass is 32.1. The van der Waals surface area contributed by atoms with Gasteiger partial charge in [0.2, 0.25) is 0 Å². The lowest BCUT2D eigenvalue weighted by Crippen LogP contribution is -2.20. The third kappa shape index (κ3) is 2.26. The van der Waals surface area contributed by atoms with Crippen molar-refractivity contribution in [1.29, 1.82) is 0 Å². The summed E-state index contributed by atoms with van der Waals surface area (Å²) in [6.07, 6.45) is 0. The van der Waals surface area contributed by atoms with Crippen LogP contribution in [0.4, 0.5) is 0 Å². The number of rotatable bonds is 2. The van der Waals surface area contributed by atoms with Crippen LogP contribution in [0.25, 0.3) is 21.3 Å². The van der Waals surface area contributed by atoms with Gasteiger partial charge in [-0.25, -0.2) is 0 Å². The predicted octanol–water partition coefficient (Wildman–Crippen LogP) is 4.42. The molecule has 0 amide bonds. The van der Waals surface area contributed by atoms with Gasteiger partial charge in [0.25, 0.3) is 5.56 Å². The zero-order valence-corrected chi connectivity index (χ0v) is 13.8. The summed E-state index contributed by atoms with van der Waals surface area (Å²) < 4.78 is 2.10. The van der Waals surface area contributed by atoms with Gasteiger partial charge in [0, 0.05) is 17.0 Å². The number of aromatic nitrogens is 2. The summed E-state index contributed by atoms with van der Waals surface area (Å²) >= 11 is 6.86. The molecule has 1 aromatic carbocycles. The minimum atomic E-state index is -0.00354. The van der Waals surface area contributed by atoms with E-state index in [1.165, 1.54) is 5.56 Å². The minimum Gasteiger partial charge on any atom is -0.323 e. The van der Waals surface area contributed by atoms with Gasteiger partial charge in [0.15, 0.2) is 4.77 Å². The molecular weight excluding hydrogens is 300 g/mol. The lowest BCUT2D eigenvalue weighted by Gasteiger charge is -2.05. The smallest absolute Gasteiger partial charge is 0.263 e. The Balaban J connectivity index is 2.43. The fourth-order valence-corrected chi connectivity index (χ4v) is 4.03. The lowest BCUT2D eigenvalue weighted by atomic mass is 10.0. The Morgan fingerprint density at radius 2 is 1.90 bits per heavy atom. The van der Waals surface area contributed by atoms with E-state index in [-0.39, 0.29) is 5.56 Å². The van der Waals surface area contributed by atoms with Gasteiger partial charge in [-0.15, -0.1) is 11.3 Å². The molecule has 0 saturated heterocycles. The summed E-state index contributed by atoms with van der Waals surface area (Å²) in [7, 11) is 0. The molecule has 0 spiro atoms. The van der Waals surface area contributed by atoms with Gasteiger partial charge in [0.05, 0.1) is 5.39 Å². The highest BCUT2D eigenvalue weighted by molar-refractivity contribution is 7.71. The SMILES string of the molecule is CCn1c(=S)[nH]c2sc(C)c(-c3ccc(C)cc3)c2c1=O. The van der Waals surface area contributed by atoms with E-state index in [9.17, 15) is 4.79 Å². The van der Waals surface area contributed by atoms with Crippen LogP contribution >= 0.6 is 23.6 Å². The van der Waals surface area contributed by atoms with E-state index < -0.39 is 0 Å². The van der Waals surface area contributed by atoms with E-state index in [1.54, 1.807) is 15.9 Å². The zero-order chi connectivity index (χ0) is 15.1. The Kier molecular flexibility index (Phi) is 3.55. The Hall–Kier alpha value is -1.72. The van der Waals surface area contributed by atoms with Gasteiger partial charge in [-0.05, 0) is 38.6 Å². The van der Waals surface area contributed by atoms with Crippen molar-refractivity contribution in [2.45, 2.75) is 27.3 Å². The number of benzene rings is 1. The maximum absolute atomic E-state index is 12.7. The molecule has 0 atom stereocenters. The molecule has 3 aromatic rings. The zero-order valence-electron chi connectivity index (χ0n) is 12.2. The largest absolute Gasteiger partial charge is 0.323 e. The first-order chi connectivity index (χ1) is 10.0. The molecule has 21 heavy (non-hydrogen) atoms. The summed E-state index contributed by atoms with van der Waals surface area (Å²) in [6, 6.07) is 8.28. The van der Waals surface area contributed by atoms with Crippen LogP contribution in [0.15, 0.2) is 29.1 Å². The summed E-state index contributed by atoms with van der Waals surface area (Å²) in [5, 5.41) is 0.747. The number of thiophene rings is 1. The Labute approximate surface area is 131 Å². The van der Waals surface area contributed by atoms with Gasteiger partial charge in [-0.2, -0.15) is 0 Å². The number of nitrogens with zero attached hydrogens (tertiary/aromatic N) is 1. The quantitative estimate of drug-likeness (QED) is 0.710. The third-order valence-corrected chi connectivity index (χ3v) is 5.01. The van der Waals surface area contributed by atoms with Crippen molar-refractivity contribution < 1.29 is 0 Å². The average molecular weight is 316 g/mol. The van der Waals surface area contributed by atoms with E-state index in [2.05, 4.69) is 36.2 Å². The number of hydrogen-bond donors (Lipinski definition) is 1. The molecule has 0 radical (unpaired) electrons.